The van der Waals surface area contributed by atoms with Crippen LogP contribution in [0.5, 0.6) is 0 Å². The van der Waals surface area contributed by atoms with Gasteiger partial charge in [-0.3, -0.25) is 9.27 Å². The Morgan fingerprint density at radius 1 is 0.917 bits per heavy atom. The fraction of sp³-hybridized carbons (Fsp3) is 0.174. The molecule has 1 aliphatic carbocycles. The lowest BCUT2D eigenvalue weighted by atomic mass is 10.0. The van der Waals surface area contributed by atoms with E-state index in [9.17, 15) is 41.2 Å². The first-order chi connectivity index (χ1) is 16.6. The van der Waals surface area contributed by atoms with Crippen molar-refractivity contribution in [3.63, 3.8) is 0 Å². The summed E-state index contributed by atoms with van der Waals surface area (Å²) in [5, 5.41) is 18.5. The van der Waals surface area contributed by atoms with Crippen LogP contribution in [0.4, 0.5) is 11.4 Å². The molecular formula is C23H23N2O9S2+. The third kappa shape index (κ3) is 5.53. The molecule has 0 aliphatic heterocycles. The molecule has 0 heterocycles. The Morgan fingerprint density at radius 3 is 2.03 bits per heavy atom. The number of carbonyl (C=O) groups is 2. The van der Waals surface area contributed by atoms with Crippen molar-refractivity contribution in [2.75, 3.05) is 4.72 Å². The summed E-state index contributed by atoms with van der Waals surface area (Å²) >= 11 is 0. The highest BCUT2D eigenvalue weighted by Crippen LogP contribution is 2.30. The van der Waals surface area contributed by atoms with Crippen LogP contribution in [0.3, 0.4) is 0 Å². The predicted molar refractivity (Wildman–Crippen MR) is 131 cm³/mol. The van der Waals surface area contributed by atoms with Gasteiger partial charge in [-0.1, -0.05) is 12.2 Å². The summed E-state index contributed by atoms with van der Waals surface area (Å²) in [5.74, 6) is -2.99. The van der Waals surface area contributed by atoms with Gasteiger partial charge in [0, 0.05) is 17.2 Å². The maximum Gasteiger partial charge on any atom is 0.335 e. The highest BCUT2D eigenvalue weighted by Gasteiger charge is 2.28. The molecule has 0 aromatic heterocycles. The van der Waals surface area contributed by atoms with E-state index in [1.165, 1.54) is 12.2 Å². The predicted octanol–water partition coefficient (Wildman–Crippen LogP) is 1.69. The van der Waals surface area contributed by atoms with Crippen molar-refractivity contribution < 1.29 is 46.2 Å². The van der Waals surface area contributed by atoms with E-state index in [2.05, 4.69) is 9.71 Å². The van der Waals surface area contributed by atoms with E-state index in [1.54, 1.807) is 32.9 Å². The normalized spacial score (nSPS) is 15.0. The van der Waals surface area contributed by atoms with Gasteiger partial charge in [0.2, 0.25) is 11.4 Å². The topological polar surface area (TPSA) is 189 Å². The monoisotopic (exact) mass is 535 g/mol. The first kappa shape index (κ1) is 26.8. The molecule has 0 atom stereocenters. The standard InChI is InChI=1S/C23H22N2O9S2/c1-12-8-13(2)21(14(3)20(12)24-18-6-4-5-7-19(18)36(32,33)34)25-35(30,31)17-10-15(22(26)27)9-16(11-17)23(28)29/h4,6-11,25H,5H2,1-3H3,(H,26,27)(H,28,29)(H,32,33,34)/p+1. The Balaban J connectivity index is 2.15. The fourth-order valence-corrected chi connectivity index (χ4v) is 5.73. The molecule has 36 heavy (non-hydrogen) atoms. The van der Waals surface area contributed by atoms with E-state index in [4.69, 9.17) is 0 Å². The number of hydrogen-bond acceptors (Lipinski definition) is 6. The molecule has 0 radical (unpaired) electrons. The molecule has 0 bridgehead atoms. The highest BCUT2D eigenvalue weighted by molar-refractivity contribution is 7.92. The second-order valence-corrected chi connectivity index (χ2v) is 11.1. The minimum Gasteiger partial charge on any atom is -0.478 e. The van der Waals surface area contributed by atoms with Gasteiger partial charge in [0.25, 0.3) is 10.0 Å². The first-order valence-electron chi connectivity index (χ1n) is 10.4. The number of aromatic carboxylic acids is 2. The number of aryl methyl sites for hydroxylation is 2. The minimum absolute atomic E-state index is 0.0906. The first-order valence-corrected chi connectivity index (χ1v) is 13.3. The molecule has 2 aromatic carbocycles. The van der Waals surface area contributed by atoms with Crippen LogP contribution in [0.25, 0.3) is 0 Å². The maximum absolute atomic E-state index is 13.2. The molecule has 0 spiro atoms. The number of hydrogen-bond donors (Lipinski definition) is 5. The van der Waals surface area contributed by atoms with Crippen LogP contribution in [0.15, 0.2) is 52.3 Å². The van der Waals surface area contributed by atoms with E-state index < -0.39 is 48.1 Å². The zero-order chi connectivity index (χ0) is 27.0. The second-order valence-electron chi connectivity index (χ2n) is 8.07. The smallest absolute Gasteiger partial charge is 0.335 e. The van der Waals surface area contributed by atoms with Crippen molar-refractivity contribution in [2.45, 2.75) is 32.1 Å². The fourth-order valence-electron chi connectivity index (χ4n) is 3.76. The molecule has 0 amide bonds. The molecule has 0 fully saturated rings. The van der Waals surface area contributed by atoms with Crippen LogP contribution < -0.4 is 9.71 Å². The van der Waals surface area contributed by atoms with Crippen molar-refractivity contribution in [3.8, 4) is 0 Å². The Bertz CT molecular complexity index is 1570. The largest absolute Gasteiger partial charge is 0.478 e. The number of rotatable bonds is 7. The van der Waals surface area contributed by atoms with E-state index in [0.717, 1.165) is 18.2 Å². The van der Waals surface area contributed by atoms with E-state index in [-0.39, 0.29) is 16.3 Å². The van der Waals surface area contributed by atoms with Gasteiger partial charge in [0.05, 0.1) is 21.7 Å². The number of nitrogens with one attached hydrogen (secondary N) is 2. The number of benzene rings is 2. The van der Waals surface area contributed by atoms with Gasteiger partial charge >= 0.3 is 22.1 Å². The summed E-state index contributed by atoms with van der Waals surface area (Å²) in [6, 6.07) is 4.19. The van der Waals surface area contributed by atoms with E-state index in [0.29, 0.717) is 28.8 Å². The zero-order valence-corrected chi connectivity index (χ0v) is 21.0. The summed E-state index contributed by atoms with van der Waals surface area (Å²) in [5.41, 5.74) is 1.09. The van der Waals surface area contributed by atoms with Gasteiger partial charge in [-0.2, -0.15) is 8.42 Å². The van der Waals surface area contributed by atoms with Gasteiger partial charge in [-0.05, 0) is 57.0 Å². The van der Waals surface area contributed by atoms with Gasteiger partial charge in [-0.25, -0.2) is 23.0 Å². The van der Waals surface area contributed by atoms with Gasteiger partial charge < -0.3 is 10.2 Å². The molecule has 190 valence electrons. The molecule has 0 saturated carbocycles. The molecule has 13 heteroatoms. The third-order valence-corrected chi connectivity index (χ3v) is 7.72. The lowest BCUT2D eigenvalue weighted by molar-refractivity contribution is -0.353. The Morgan fingerprint density at radius 2 is 1.50 bits per heavy atom. The average molecular weight is 536 g/mol. The molecule has 3 rings (SSSR count). The molecule has 5 N–H and O–H groups in total. The van der Waals surface area contributed by atoms with Crippen LogP contribution in [-0.2, 0) is 20.1 Å². The SMILES string of the molecule is Cc1cc(C)c([NH+]=C2C=CCC=C2S(=O)(=O)O)c(C)c1NS(=O)(=O)c1cc(C(=O)O)cc(C(=O)O)c1. The van der Waals surface area contributed by atoms with Crippen molar-refractivity contribution in [1.29, 1.82) is 0 Å². The molecular weight excluding hydrogens is 512 g/mol. The Hall–Kier alpha value is -3.81. The van der Waals surface area contributed by atoms with Crippen LogP contribution in [-0.4, -0.2) is 49.3 Å². The quantitative estimate of drug-likeness (QED) is 0.329. The lowest BCUT2D eigenvalue weighted by Crippen LogP contribution is -2.67. The van der Waals surface area contributed by atoms with Gasteiger partial charge in [-0.15, -0.1) is 0 Å². The number of carboxylic acid groups (broad SMARTS) is 2. The van der Waals surface area contributed by atoms with E-state index in [1.807, 2.05) is 0 Å². The van der Waals surface area contributed by atoms with Crippen molar-refractivity contribution in [1.82, 2.24) is 0 Å². The van der Waals surface area contributed by atoms with Crippen LogP contribution in [0.1, 0.15) is 43.8 Å². The minimum atomic E-state index is -4.52. The van der Waals surface area contributed by atoms with Gasteiger partial charge in [0.15, 0.2) is 4.91 Å². The van der Waals surface area contributed by atoms with Crippen LogP contribution >= 0.6 is 0 Å². The van der Waals surface area contributed by atoms with Crippen molar-refractivity contribution in [3.05, 3.63) is 75.2 Å². The lowest BCUT2D eigenvalue weighted by Gasteiger charge is -2.16. The second kappa shape index (κ2) is 9.68. The Labute approximate surface area is 207 Å². The van der Waals surface area contributed by atoms with E-state index >= 15 is 0 Å². The number of carboxylic acids is 2. The van der Waals surface area contributed by atoms with Gasteiger partial charge in [0.1, 0.15) is 0 Å². The summed E-state index contributed by atoms with van der Waals surface area (Å²) in [6.45, 7) is 4.94. The zero-order valence-electron chi connectivity index (χ0n) is 19.4. The van der Waals surface area contributed by atoms with Crippen LogP contribution in [0.2, 0.25) is 0 Å². The van der Waals surface area contributed by atoms with Crippen molar-refractivity contribution in [2.24, 2.45) is 0 Å². The Kier molecular flexibility index (Phi) is 7.20. The molecule has 11 nitrogen and oxygen atoms in total. The average Bonchev–Trinajstić information content (AvgIpc) is 2.78. The third-order valence-electron chi connectivity index (χ3n) is 5.45. The molecule has 0 unspecified atom stereocenters. The maximum atomic E-state index is 13.2. The highest BCUT2D eigenvalue weighted by atomic mass is 32.2. The van der Waals surface area contributed by atoms with Crippen LogP contribution in [0, 0.1) is 20.8 Å². The number of allylic oxidation sites excluding steroid dienone is 4. The molecule has 2 aromatic rings. The number of sulfonamides is 1. The summed E-state index contributed by atoms with van der Waals surface area (Å²) in [6.07, 6.45) is 4.78. The number of anilines is 1. The summed E-state index contributed by atoms with van der Waals surface area (Å²) in [7, 11) is -8.96. The van der Waals surface area contributed by atoms with Crippen molar-refractivity contribution >= 4 is 49.2 Å². The molecule has 0 saturated heterocycles. The molecule has 1 aliphatic rings. The summed E-state index contributed by atoms with van der Waals surface area (Å²) in [4.78, 5) is 24.9. The summed E-state index contributed by atoms with van der Waals surface area (Å²) < 4.78 is 61.9.